The molecule has 0 aliphatic rings. The van der Waals surface area contributed by atoms with Gasteiger partial charge in [0.05, 0.1) is 11.7 Å². The molecular formula is C14H10NNaO3. The van der Waals surface area contributed by atoms with Crippen molar-refractivity contribution in [3.8, 4) is 11.1 Å². The molecule has 0 saturated carbocycles. The Labute approximate surface area is 132 Å². The summed E-state index contributed by atoms with van der Waals surface area (Å²) in [5, 5.41) is 13.2. The largest absolute Gasteiger partial charge is 1.00 e. The maximum Gasteiger partial charge on any atom is 1.00 e. The zero-order valence-corrected chi connectivity index (χ0v) is 12.4. The Hall–Kier alpha value is -1.62. The average Bonchev–Trinajstić information content (AvgIpc) is 2.40. The average molecular weight is 263 g/mol. The number of carboxylic acids is 1. The van der Waals surface area contributed by atoms with Gasteiger partial charge >= 0.3 is 29.6 Å². The van der Waals surface area contributed by atoms with E-state index in [9.17, 15) is 14.7 Å². The van der Waals surface area contributed by atoms with Gasteiger partial charge in [0.2, 0.25) is 6.41 Å². The van der Waals surface area contributed by atoms with E-state index in [1.165, 1.54) is 6.07 Å². The number of rotatable bonds is 4. The first-order chi connectivity index (χ1) is 8.72. The van der Waals surface area contributed by atoms with E-state index < -0.39 is 5.97 Å². The van der Waals surface area contributed by atoms with Crippen molar-refractivity contribution < 1.29 is 44.3 Å². The topological polar surface area (TPSA) is 69.2 Å². The molecule has 0 aromatic heterocycles. The monoisotopic (exact) mass is 263 g/mol. The fourth-order valence-corrected chi connectivity index (χ4v) is 1.72. The molecule has 0 atom stereocenters. The third kappa shape index (κ3) is 3.67. The Morgan fingerprint density at radius 1 is 1.05 bits per heavy atom. The molecule has 19 heavy (non-hydrogen) atoms. The van der Waals surface area contributed by atoms with Gasteiger partial charge in [0.15, 0.2) is 0 Å². The second-order valence-corrected chi connectivity index (χ2v) is 3.68. The maximum absolute atomic E-state index is 10.9. The second kappa shape index (κ2) is 7.09. The molecule has 0 radical (unpaired) electrons. The van der Waals surface area contributed by atoms with Crippen molar-refractivity contribution in [2.24, 2.45) is 0 Å². The summed E-state index contributed by atoms with van der Waals surface area (Å²) in [6.45, 7) is 0. The van der Waals surface area contributed by atoms with Crippen molar-refractivity contribution in [3.63, 3.8) is 0 Å². The predicted octanol–water partition coefficient (Wildman–Crippen LogP) is -1.71. The number of carboxylic acid groups (broad SMARTS) is 1. The fourth-order valence-electron chi connectivity index (χ4n) is 1.72. The first kappa shape index (κ1) is 15.4. The fraction of sp³-hybridized carbons (Fsp3) is 0. The van der Waals surface area contributed by atoms with Crippen LogP contribution >= 0.6 is 0 Å². The number of hydrogen-bond acceptors (Lipinski definition) is 3. The third-order valence-electron chi connectivity index (χ3n) is 2.56. The molecule has 1 amide bonds. The van der Waals surface area contributed by atoms with E-state index in [-0.39, 0.29) is 40.8 Å². The number of carbonyl (C=O) groups is 2. The van der Waals surface area contributed by atoms with Crippen LogP contribution in [0.15, 0.2) is 48.5 Å². The van der Waals surface area contributed by atoms with Crippen LogP contribution in [0.2, 0.25) is 0 Å². The standard InChI is InChI=1S/C14H11NO3.Na/c16-9-15-13-8-11(6-7-12(13)14(17)18)10-4-2-1-3-5-10;/h1-9H,(H,15,16)(H,17,18);/q;+1/p-1. The Morgan fingerprint density at radius 2 is 1.74 bits per heavy atom. The number of carbonyl (C=O) groups excluding carboxylic acids is 2. The summed E-state index contributed by atoms with van der Waals surface area (Å²) in [6.07, 6.45) is 0.441. The summed E-state index contributed by atoms with van der Waals surface area (Å²) < 4.78 is 0. The van der Waals surface area contributed by atoms with E-state index in [0.29, 0.717) is 6.41 Å². The van der Waals surface area contributed by atoms with Crippen LogP contribution < -0.4 is 40.0 Å². The quantitative estimate of drug-likeness (QED) is 0.527. The molecule has 0 fully saturated rings. The minimum absolute atomic E-state index is 0. The van der Waals surface area contributed by atoms with Crippen molar-refractivity contribution in [2.45, 2.75) is 0 Å². The number of amides is 1. The van der Waals surface area contributed by atoms with Gasteiger partial charge in [-0.15, -0.1) is 0 Å². The second-order valence-electron chi connectivity index (χ2n) is 3.68. The molecule has 0 spiro atoms. The van der Waals surface area contributed by atoms with Crippen molar-refractivity contribution in [2.75, 3.05) is 5.32 Å². The van der Waals surface area contributed by atoms with Gasteiger partial charge in [0.1, 0.15) is 0 Å². The molecule has 4 nitrogen and oxygen atoms in total. The van der Waals surface area contributed by atoms with E-state index in [2.05, 4.69) is 5.32 Å². The first-order valence-electron chi connectivity index (χ1n) is 5.33. The van der Waals surface area contributed by atoms with Gasteiger partial charge in [-0.2, -0.15) is 0 Å². The molecule has 0 bridgehead atoms. The molecule has 5 heteroatoms. The summed E-state index contributed by atoms with van der Waals surface area (Å²) >= 11 is 0. The van der Waals surface area contributed by atoms with Crippen molar-refractivity contribution in [1.29, 1.82) is 0 Å². The number of nitrogens with one attached hydrogen (secondary N) is 1. The van der Waals surface area contributed by atoms with E-state index >= 15 is 0 Å². The molecule has 2 aromatic rings. The van der Waals surface area contributed by atoms with Crippen LogP contribution in [0.4, 0.5) is 5.69 Å². The van der Waals surface area contributed by atoms with Crippen LogP contribution in [0.25, 0.3) is 11.1 Å². The molecule has 0 saturated heterocycles. The van der Waals surface area contributed by atoms with Gasteiger partial charge in [-0.05, 0) is 17.2 Å². The van der Waals surface area contributed by atoms with Crippen molar-refractivity contribution in [1.82, 2.24) is 0 Å². The zero-order chi connectivity index (χ0) is 13.0. The van der Waals surface area contributed by atoms with Crippen LogP contribution in [-0.2, 0) is 4.79 Å². The number of anilines is 1. The van der Waals surface area contributed by atoms with Gasteiger partial charge in [0, 0.05) is 5.56 Å². The number of benzene rings is 2. The molecule has 2 aromatic carbocycles. The molecule has 90 valence electrons. The zero-order valence-electron chi connectivity index (χ0n) is 10.4. The smallest absolute Gasteiger partial charge is 0.545 e. The molecule has 0 unspecified atom stereocenters. The molecule has 0 aliphatic heterocycles. The molecule has 1 N–H and O–H groups in total. The van der Waals surface area contributed by atoms with Crippen molar-refractivity contribution >= 4 is 18.1 Å². The number of hydrogen-bond donors (Lipinski definition) is 1. The van der Waals surface area contributed by atoms with E-state index in [0.717, 1.165) is 11.1 Å². The van der Waals surface area contributed by atoms with Gasteiger partial charge in [-0.3, -0.25) is 4.79 Å². The Bertz CT molecular complexity index is 584. The minimum Gasteiger partial charge on any atom is -0.545 e. The van der Waals surface area contributed by atoms with Gasteiger partial charge in [-0.1, -0.05) is 42.5 Å². The Kier molecular flexibility index (Phi) is 5.76. The SMILES string of the molecule is O=CNc1cc(-c2ccccc2)ccc1C(=O)[O-].[Na+]. The summed E-state index contributed by atoms with van der Waals surface area (Å²) in [4.78, 5) is 21.3. The van der Waals surface area contributed by atoms with E-state index in [4.69, 9.17) is 0 Å². The van der Waals surface area contributed by atoms with Crippen LogP contribution in [0.5, 0.6) is 0 Å². The molecule has 2 rings (SSSR count). The molecule has 0 aliphatic carbocycles. The summed E-state index contributed by atoms with van der Waals surface area (Å²) in [6, 6.07) is 14.2. The molecule has 0 heterocycles. The Balaban J connectivity index is 0.00000180. The van der Waals surface area contributed by atoms with Crippen LogP contribution in [0, 0.1) is 0 Å². The van der Waals surface area contributed by atoms with Crippen LogP contribution in [0.1, 0.15) is 10.4 Å². The molecular weight excluding hydrogens is 253 g/mol. The summed E-state index contributed by atoms with van der Waals surface area (Å²) in [7, 11) is 0. The van der Waals surface area contributed by atoms with Gasteiger partial charge in [0.25, 0.3) is 0 Å². The van der Waals surface area contributed by atoms with E-state index in [1.54, 1.807) is 12.1 Å². The van der Waals surface area contributed by atoms with Gasteiger partial charge < -0.3 is 15.2 Å². The van der Waals surface area contributed by atoms with Crippen molar-refractivity contribution in [3.05, 3.63) is 54.1 Å². The summed E-state index contributed by atoms with van der Waals surface area (Å²) in [5.74, 6) is -1.32. The van der Waals surface area contributed by atoms with E-state index in [1.807, 2.05) is 30.3 Å². The summed E-state index contributed by atoms with van der Waals surface area (Å²) in [5.41, 5.74) is 1.95. The van der Waals surface area contributed by atoms with Crippen LogP contribution in [-0.4, -0.2) is 12.4 Å². The maximum atomic E-state index is 10.9. The normalized spacial score (nSPS) is 9.26. The van der Waals surface area contributed by atoms with Crippen LogP contribution in [0.3, 0.4) is 0 Å². The number of aromatic carboxylic acids is 1. The predicted molar refractivity (Wildman–Crippen MR) is 65.9 cm³/mol. The first-order valence-corrected chi connectivity index (χ1v) is 5.33. The Morgan fingerprint density at radius 3 is 2.32 bits per heavy atom. The van der Waals surface area contributed by atoms with Gasteiger partial charge in [-0.25, -0.2) is 0 Å². The third-order valence-corrected chi connectivity index (χ3v) is 2.56. The minimum atomic E-state index is -1.32.